The quantitative estimate of drug-likeness (QED) is 0.762. The molecule has 2 aromatic carbocycles. The lowest BCUT2D eigenvalue weighted by molar-refractivity contribution is 0.398. The number of benzene rings is 2. The summed E-state index contributed by atoms with van der Waals surface area (Å²) in [5.41, 5.74) is 2.41. The second-order valence-corrected chi connectivity index (χ2v) is 5.64. The van der Waals surface area contributed by atoms with E-state index in [2.05, 4.69) is 24.3 Å². The summed E-state index contributed by atoms with van der Waals surface area (Å²) in [5.74, 6) is 1.86. The van der Waals surface area contributed by atoms with Crippen LogP contribution in [0.15, 0.2) is 48.5 Å². The van der Waals surface area contributed by atoms with Crippen LogP contribution in [-0.4, -0.2) is 25.4 Å². The first-order chi connectivity index (χ1) is 10.4. The second kappa shape index (κ2) is 5.51. The summed E-state index contributed by atoms with van der Waals surface area (Å²) in [4.78, 5) is 0. The van der Waals surface area contributed by atoms with Crippen LogP contribution in [0, 0.1) is 0 Å². The number of ether oxygens (including phenoxy) is 3. The van der Waals surface area contributed by atoms with Crippen molar-refractivity contribution < 1.29 is 14.2 Å². The largest absolute Gasteiger partial charge is 0.457 e. The molecule has 0 aromatic heterocycles. The topological polar surface area (TPSA) is 34.3 Å². The molecule has 0 unspecified atom stereocenters. The van der Waals surface area contributed by atoms with Crippen molar-refractivity contribution in [2.45, 2.75) is 25.0 Å². The van der Waals surface area contributed by atoms with Gasteiger partial charge in [0.05, 0.1) is 25.4 Å². The molecular weight excluding hydrogens is 264 g/mol. The lowest BCUT2D eigenvalue weighted by atomic mass is 10.1. The molecule has 0 N–H and O–H groups in total. The Balaban J connectivity index is 1.57. The first-order valence-corrected chi connectivity index (χ1v) is 7.45. The Morgan fingerprint density at radius 3 is 1.62 bits per heavy atom. The summed E-state index contributed by atoms with van der Waals surface area (Å²) >= 11 is 0. The van der Waals surface area contributed by atoms with E-state index in [-0.39, 0.29) is 0 Å². The van der Waals surface area contributed by atoms with Crippen molar-refractivity contribution in [3.05, 3.63) is 59.7 Å². The van der Waals surface area contributed by atoms with Crippen molar-refractivity contribution in [1.29, 1.82) is 0 Å². The van der Waals surface area contributed by atoms with Crippen LogP contribution in [0.5, 0.6) is 11.5 Å². The van der Waals surface area contributed by atoms with Crippen molar-refractivity contribution in [3.8, 4) is 11.5 Å². The van der Waals surface area contributed by atoms with Gasteiger partial charge in [-0.15, -0.1) is 0 Å². The molecule has 0 amide bonds. The lowest BCUT2D eigenvalue weighted by Crippen LogP contribution is -2.00. The fourth-order valence-electron chi connectivity index (χ4n) is 2.52. The summed E-state index contributed by atoms with van der Waals surface area (Å²) in [6.45, 7) is 1.73. The van der Waals surface area contributed by atoms with Gasteiger partial charge in [-0.3, -0.25) is 0 Å². The normalized spacial score (nSPS) is 22.9. The molecule has 2 heterocycles. The number of rotatable bonds is 6. The van der Waals surface area contributed by atoms with Crippen LogP contribution in [0.4, 0.5) is 0 Å². The Kier molecular flexibility index (Phi) is 3.37. The zero-order valence-electron chi connectivity index (χ0n) is 11.8. The maximum Gasteiger partial charge on any atom is 0.130 e. The summed E-state index contributed by atoms with van der Waals surface area (Å²) in [5, 5.41) is 0. The highest BCUT2D eigenvalue weighted by molar-refractivity contribution is 5.42. The molecule has 2 aliphatic rings. The predicted molar refractivity (Wildman–Crippen MR) is 79.8 cm³/mol. The van der Waals surface area contributed by atoms with E-state index >= 15 is 0 Å². The SMILES string of the molecule is c1ccc(Oc2ccccc2C[C@H]2CO2)c(C[C@H]2CO2)c1. The van der Waals surface area contributed by atoms with E-state index in [0.717, 1.165) is 37.6 Å². The molecular formula is C18H18O3. The number of hydrogen-bond acceptors (Lipinski definition) is 3. The van der Waals surface area contributed by atoms with Crippen LogP contribution in [0.3, 0.4) is 0 Å². The number of para-hydroxylation sites is 2. The minimum Gasteiger partial charge on any atom is -0.457 e. The minimum absolute atomic E-state index is 0.366. The maximum atomic E-state index is 6.19. The summed E-state index contributed by atoms with van der Waals surface area (Å²) in [6, 6.07) is 16.4. The highest BCUT2D eigenvalue weighted by Crippen LogP contribution is 2.32. The van der Waals surface area contributed by atoms with Gasteiger partial charge in [-0.2, -0.15) is 0 Å². The van der Waals surface area contributed by atoms with Crippen molar-refractivity contribution in [1.82, 2.24) is 0 Å². The fourth-order valence-corrected chi connectivity index (χ4v) is 2.52. The number of hydrogen-bond donors (Lipinski definition) is 0. The van der Waals surface area contributed by atoms with Crippen LogP contribution in [0.2, 0.25) is 0 Å². The Morgan fingerprint density at radius 2 is 1.19 bits per heavy atom. The monoisotopic (exact) mass is 282 g/mol. The molecule has 108 valence electrons. The van der Waals surface area contributed by atoms with Gasteiger partial charge in [0.1, 0.15) is 11.5 Å². The molecule has 3 nitrogen and oxygen atoms in total. The average molecular weight is 282 g/mol. The summed E-state index contributed by atoms with van der Waals surface area (Å²) < 4.78 is 16.8. The molecule has 0 aliphatic carbocycles. The highest BCUT2D eigenvalue weighted by Gasteiger charge is 2.25. The predicted octanol–water partition coefficient (Wildman–Crippen LogP) is 3.36. The van der Waals surface area contributed by atoms with Gasteiger partial charge in [0.15, 0.2) is 0 Å². The molecule has 2 fully saturated rings. The van der Waals surface area contributed by atoms with Crippen molar-refractivity contribution in [3.63, 3.8) is 0 Å². The highest BCUT2D eigenvalue weighted by atomic mass is 16.6. The lowest BCUT2D eigenvalue weighted by Gasteiger charge is -2.13. The van der Waals surface area contributed by atoms with Gasteiger partial charge >= 0.3 is 0 Å². The molecule has 2 saturated heterocycles. The van der Waals surface area contributed by atoms with Crippen LogP contribution >= 0.6 is 0 Å². The first-order valence-electron chi connectivity index (χ1n) is 7.45. The Morgan fingerprint density at radius 1 is 0.762 bits per heavy atom. The Bertz CT molecular complexity index is 574. The molecule has 2 aliphatic heterocycles. The number of epoxide rings is 2. The van der Waals surface area contributed by atoms with E-state index in [1.165, 1.54) is 11.1 Å². The third-order valence-electron chi connectivity index (χ3n) is 3.87. The summed E-state index contributed by atoms with van der Waals surface area (Å²) in [6.07, 6.45) is 2.57. The van der Waals surface area contributed by atoms with E-state index in [9.17, 15) is 0 Å². The van der Waals surface area contributed by atoms with Gasteiger partial charge in [0.25, 0.3) is 0 Å². The fraction of sp³-hybridized carbons (Fsp3) is 0.333. The third-order valence-corrected chi connectivity index (χ3v) is 3.87. The van der Waals surface area contributed by atoms with Crippen LogP contribution in [0.1, 0.15) is 11.1 Å². The van der Waals surface area contributed by atoms with Crippen LogP contribution < -0.4 is 4.74 Å². The Labute approximate surface area is 124 Å². The smallest absolute Gasteiger partial charge is 0.130 e. The van der Waals surface area contributed by atoms with Crippen molar-refractivity contribution in [2.24, 2.45) is 0 Å². The summed E-state index contributed by atoms with van der Waals surface area (Å²) in [7, 11) is 0. The molecule has 21 heavy (non-hydrogen) atoms. The minimum atomic E-state index is 0.366. The van der Waals surface area contributed by atoms with E-state index < -0.39 is 0 Å². The van der Waals surface area contributed by atoms with Gasteiger partial charge in [-0.25, -0.2) is 0 Å². The molecule has 0 bridgehead atoms. The molecule has 0 spiro atoms. The zero-order chi connectivity index (χ0) is 14.1. The molecule has 0 saturated carbocycles. The van der Waals surface area contributed by atoms with Gasteiger partial charge in [-0.05, 0) is 23.3 Å². The van der Waals surface area contributed by atoms with Crippen LogP contribution in [-0.2, 0) is 22.3 Å². The Hall–Kier alpha value is -1.84. The molecule has 4 rings (SSSR count). The molecule has 3 heteroatoms. The van der Waals surface area contributed by atoms with E-state index in [1.807, 2.05) is 24.3 Å². The van der Waals surface area contributed by atoms with Gasteiger partial charge < -0.3 is 14.2 Å². The third kappa shape index (κ3) is 3.26. The first kappa shape index (κ1) is 12.9. The van der Waals surface area contributed by atoms with E-state index in [1.54, 1.807) is 0 Å². The second-order valence-electron chi connectivity index (χ2n) is 5.64. The van der Waals surface area contributed by atoms with E-state index in [0.29, 0.717) is 12.2 Å². The average Bonchev–Trinajstić information content (AvgIpc) is 3.39. The van der Waals surface area contributed by atoms with Crippen LogP contribution in [0.25, 0.3) is 0 Å². The molecule has 0 radical (unpaired) electrons. The molecule has 2 atom stereocenters. The van der Waals surface area contributed by atoms with Gasteiger partial charge in [0, 0.05) is 12.8 Å². The standard InChI is InChI=1S/C18H18O3/c1-3-7-17(13(5-1)9-15-11-19-15)21-18-8-4-2-6-14(18)10-16-12-20-16/h1-8,15-16H,9-12H2/t15-,16-/m0/s1. The van der Waals surface area contributed by atoms with E-state index in [4.69, 9.17) is 14.2 Å². The maximum absolute atomic E-state index is 6.19. The zero-order valence-corrected chi connectivity index (χ0v) is 11.8. The molecule has 2 aromatic rings. The van der Waals surface area contributed by atoms with Crippen molar-refractivity contribution in [2.75, 3.05) is 13.2 Å². The van der Waals surface area contributed by atoms with Gasteiger partial charge in [-0.1, -0.05) is 36.4 Å². The van der Waals surface area contributed by atoms with Crippen molar-refractivity contribution >= 4 is 0 Å². The van der Waals surface area contributed by atoms with Gasteiger partial charge in [0.2, 0.25) is 0 Å².